The van der Waals surface area contributed by atoms with E-state index in [0.29, 0.717) is 0 Å². The van der Waals surface area contributed by atoms with Crippen molar-refractivity contribution in [3.63, 3.8) is 0 Å². The fourth-order valence-corrected chi connectivity index (χ4v) is 2.92. The van der Waals surface area contributed by atoms with Crippen LogP contribution in [0.3, 0.4) is 0 Å². The number of nitrogens with zero attached hydrogens (tertiary/aromatic N) is 1. The molecule has 0 aliphatic carbocycles. The van der Waals surface area contributed by atoms with Gasteiger partial charge < -0.3 is 14.5 Å². The van der Waals surface area contributed by atoms with Crippen molar-refractivity contribution >= 4 is 20.3 Å². The Labute approximate surface area is 163 Å². The van der Waals surface area contributed by atoms with E-state index in [1.165, 1.54) is 14.2 Å². The predicted octanol–water partition coefficient (Wildman–Crippen LogP) is 3.32. The average Bonchev–Trinajstić information content (AvgIpc) is 2.62. The number of alkyl carbamates (subject to hydrolysis) is 1. The number of carbonyl (C=O) groups is 2. The molecule has 1 atom stereocenters. The molecule has 0 heterocycles. The predicted molar refractivity (Wildman–Crippen MR) is 106 cm³/mol. The summed E-state index contributed by atoms with van der Waals surface area (Å²) in [6.07, 6.45) is -0.680. The molecule has 0 bridgehead atoms. The molecule has 0 spiro atoms. The molecule has 152 valence electrons. The monoisotopic (exact) mass is 396 g/mol. The summed E-state index contributed by atoms with van der Waals surface area (Å²) in [6, 6.07) is 8.43. The van der Waals surface area contributed by atoms with Gasteiger partial charge in [0.2, 0.25) is 0 Å². The molecule has 1 aromatic carbocycles. The molecule has 27 heavy (non-hydrogen) atoms. The number of ether oxygens (including phenoxy) is 1. The third-order valence-electron chi connectivity index (χ3n) is 4.80. The van der Waals surface area contributed by atoms with Gasteiger partial charge in [-0.3, -0.25) is 9.63 Å². The molecule has 0 radical (unpaired) electrons. The lowest BCUT2D eigenvalue weighted by Gasteiger charge is -2.37. The Bertz CT molecular complexity index is 616. The maximum absolute atomic E-state index is 12.5. The van der Waals surface area contributed by atoms with Crippen LogP contribution in [0.5, 0.6) is 0 Å². The molecular weight excluding hydrogens is 364 g/mol. The molecule has 8 heteroatoms. The molecule has 1 aromatic rings. The van der Waals surface area contributed by atoms with E-state index < -0.39 is 26.4 Å². The number of benzene rings is 1. The van der Waals surface area contributed by atoms with E-state index in [1.807, 2.05) is 30.3 Å². The van der Waals surface area contributed by atoms with Crippen LogP contribution in [0.25, 0.3) is 0 Å². The molecule has 0 aliphatic heterocycles. The Balaban J connectivity index is 2.73. The van der Waals surface area contributed by atoms with Crippen LogP contribution >= 0.6 is 0 Å². The number of carbonyl (C=O) groups excluding carboxylic acids is 2. The second-order valence-corrected chi connectivity index (χ2v) is 12.7. The van der Waals surface area contributed by atoms with Crippen molar-refractivity contribution in [1.29, 1.82) is 0 Å². The first-order chi connectivity index (χ1) is 12.5. The Morgan fingerprint density at radius 2 is 1.78 bits per heavy atom. The smallest absolute Gasteiger partial charge is 0.408 e. The highest BCUT2D eigenvalue weighted by molar-refractivity contribution is 6.74. The van der Waals surface area contributed by atoms with E-state index in [1.54, 1.807) is 0 Å². The van der Waals surface area contributed by atoms with E-state index in [2.05, 4.69) is 39.2 Å². The van der Waals surface area contributed by atoms with Crippen LogP contribution in [0.1, 0.15) is 26.3 Å². The topological polar surface area (TPSA) is 77.1 Å². The van der Waals surface area contributed by atoms with Gasteiger partial charge in [-0.25, -0.2) is 9.86 Å². The summed E-state index contributed by atoms with van der Waals surface area (Å²) in [4.78, 5) is 29.6. The summed E-state index contributed by atoms with van der Waals surface area (Å²) in [5.41, 5.74) is 0.863. The lowest BCUT2D eigenvalue weighted by Crippen LogP contribution is -2.52. The van der Waals surface area contributed by atoms with Crippen molar-refractivity contribution in [2.24, 2.45) is 0 Å². The first-order valence-electron chi connectivity index (χ1n) is 8.91. The fraction of sp³-hybridized carbons (Fsp3) is 0.579. The second kappa shape index (κ2) is 9.87. The number of rotatable bonds is 8. The zero-order valence-electron chi connectivity index (χ0n) is 17.4. The van der Waals surface area contributed by atoms with Gasteiger partial charge in [0.15, 0.2) is 8.32 Å². The maximum Gasteiger partial charge on any atom is 0.408 e. The first-order valence-corrected chi connectivity index (χ1v) is 11.8. The van der Waals surface area contributed by atoms with Crippen LogP contribution in [0, 0.1) is 0 Å². The number of amides is 2. The first kappa shape index (κ1) is 23.1. The Morgan fingerprint density at radius 3 is 2.30 bits per heavy atom. The van der Waals surface area contributed by atoms with Gasteiger partial charge in [-0.2, -0.15) is 0 Å². The summed E-state index contributed by atoms with van der Waals surface area (Å²) < 4.78 is 11.3. The molecule has 0 aromatic heterocycles. The molecule has 0 unspecified atom stereocenters. The normalized spacial score (nSPS) is 13.0. The molecule has 7 nitrogen and oxygen atoms in total. The van der Waals surface area contributed by atoms with Crippen molar-refractivity contribution < 1.29 is 23.6 Å². The van der Waals surface area contributed by atoms with Crippen LogP contribution in [0.15, 0.2) is 30.3 Å². The maximum atomic E-state index is 12.5. The van der Waals surface area contributed by atoms with E-state index in [-0.39, 0.29) is 18.3 Å². The summed E-state index contributed by atoms with van der Waals surface area (Å²) in [5.74, 6) is -0.409. The number of hydrogen-bond acceptors (Lipinski definition) is 5. The lowest BCUT2D eigenvalue weighted by molar-refractivity contribution is -0.171. The Morgan fingerprint density at radius 1 is 1.19 bits per heavy atom. The average molecular weight is 397 g/mol. The molecule has 0 saturated heterocycles. The van der Waals surface area contributed by atoms with Crippen molar-refractivity contribution in [2.75, 3.05) is 20.8 Å². The summed E-state index contributed by atoms with van der Waals surface area (Å²) >= 11 is 0. The van der Waals surface area contributed by atoms with E-state index in [4.69, 9.17) is 14.0 Å². The highest BCUT2D eigenvalue weighted by Gasteiger charge is 2.38. The largest absolute Gasteiger partial charge is 0.445 e. The van der Waals surface area contributed by atoms with Gasteiger partial charge in [0.1, 0.15) is 12.6 Å². The highest BCUT2D eigenvalue weighted by atomic mass is 28.4. The van der Waals surface area contributed by atoms with Gasteiger partial charge in [-0.05, 0) is 23.7 Å². The number of hydrogen-bond donors (Lipinski definition) is 1. The molecular formula is C19H32N2O5Si. The van der Waals surface area contributed by atoms with Crippen molar-refractivity contribution in [3.05, 3.63) is 35.9 Å². The molecule has 1 rings (SSSR count). The van der Waals surface area contributed by atoms with Crippen molar-refractivity contribution in [3.8, 4) is 0 Å². The zero-order chi connectivity index (χ0) is 20.7. The van der Waals surface area contributed by atoms with E-state index in [9.17, 15) is 9.59 Å². The summed E-state index contributed by atoms with van der Waals surface area (Å²) in [6.45, 7) is 10.7. The SMILES string of the molecule is CON(C)C(=O)[C@H](CO[Si](C)(C)C(C)(C)C)NC(=O)OCc1ccccc1. The third kappa shape index (κ3) is 7.32. The summed E-state index contributed by atoms with van der Waals surface area (Å²) in [7, 11) is 0.787. The van der Waals surface area contributed by atoms with E-state index >= 15 is 0 Å². The zero-order valence-corrected chi connectivity index (χ0v) is 18.4. The molecule has 0 fully saturated rings. The lowest BCUT2D eigenvalue weighted by atomic mass is 10.2. The number of nitrogens with one attached hydrogen (secondary N) is 1. The molecule has 0 aliphatic rings. The summed E-state index contributed by atoms with van der Waals surface area (Å²) in [5, 5.41) is 3.65. The fourth-order valence-electron chi connectivity index (χ4n) is 1.90. The van der Waals surface area contributed by atoms with Gasteiger partial charge in [-0.15, -0.1) is 0 Å². The van der Waals surface area contributed by atoms with Crippen LogP contribution in [-0.2, 0) is 25.4 Å². The van der Waals surface area contributed by atoms with Crippen molar-refractivity contribution in [1.82, 2.24) is 10.4 Å². The molecule has 1 N–H and O–H groups in total. The highest BCUT2D eigenvalue weighted by Crippen LogP contribution is 2.36. The van der Waals surface area contributed by atoms with Gasteiger partial charge >= 0.3 is 6.09 Å². The number of hydroxylamine groups is 2. The van der Waals surface area contributed by atoms with Crippen LogP contribution in [-0.4, -0.2) is 52.2 Å². The molecule has 2 amide bonds. The standard InChI is InChI=1S/C19H32N2O5Si/c1-19(2,3)27(6,7)26-14-16(17(22)21(4)24-5)20-18(23)25-13-15-11-9-8-10-12-15/h8-12,16H,13-14H2,1-7H3,(H,20,23)/t16-/m0/s1. The van der Waals surface area contributed by atoms with Gasteiger partial charge in [0.05, 0.1) is 13.7 Å². The quantitative estimate of drug-likeness (QED) is 0.539. The minimum atomic E-state index is -2.08. The minimum Gasteiger partial charge on any atom is -0.445 e. The molecule has 0 saturated carbocycles. The Kier molecular flexibility index (Phi) is 8.45. The third-order valence-corrected chi connectivity index (χ3v) is 9.30. The Hall–Kier alpha value is -1.90. The van der Waals surface area contributed by atoms with Crippen LogP contribution in [0.4, 0.5) is 4.79 Å². The number of likely N-dealkylation sites (N-methyl/N-ethyl adjacent to an activating group) is 1. The van der Waals surface area contributed by atoms with Gasteiger partial charge in [-0.1, -0.05) is 51.1 Å². The van der Waals surface area contributed by atoms with Crippen molar-refractivity contribution in [2.45, 2.75) is 51.6 Å². The van der Waals surface area contributed by atoms with E-state index in [0.717, 1.165) is 10.6 Å². The van der Waals surface area contributed by atoms with Gasteiger partial charge in [0.25, 0.3) is 5.91 Å². The second-order valence-electron chi connectivity index (χ2n) is 7.85. The van der Waals surface area contributed by atoms with Crippen LogP contribution < -0.4 is 5.32 Å². The minimum absolute atomic E-state index is 0.0123. The van der Waals surface area contributed by atoms with Crippen LogP contribution in [0.2, 0.25) is 18.1 Å². The van der Waals surface area contributed by atoms with Gasteiger partial charge in [0, 0.05) is 7.05 Å².